The van der Waals surface area contributed by atoms with Crippen LogP contribution < -0.4 is 0 Å². The minimum Gasteiger partial charge on any atom is -0.212 e. The number of rotatable bonds is 5. The van der Waals surface area contributed by atoms with Crippen molar-refractivity contribution in [3.05, 3.63) is 0 Å². The van der Waals surface area contributed by atoms with Gasteiger partial charge in [0.25, 0.3) is 0 Å². The molecule has 0 aliphatic heterocycles. The number of hydrogen-bond acceptors (Lipinski definition) is 2. The van der Waals surface area contributed by atoms with E-state index >= 15 is 0 Å². The largest absolute Gasteiger partial charge is 0.216 e. The van der Waals surface area contributed by atoms with E-state index < -0.39 is 10.0 Å². The molecule has 1 aliphatic carbocycles. The van der Waals surface area contributed by atoms with Crippen molar-refractivity contribution < 1.29 is 8.42 Å². The molecule has 0 aromatic carbocycles. The summed E-state index contributed by atoms with van der Waals surface area (Å²) in [7, 11) is -1.32. The average Bonchev–Trinajstić information content (AvgIpc) is 2.27. The Hall–Kier alpha value is 0.390. The first-order valence-corrected chi connectivity index (χ1v) is 8.22. The van der Waals surface area contributed by atoms with Gasteiger partial charge in [-0.05, 0) is 19.3 Å². The summed E-state index contributed by atoms with van der Waals surface area (Å²) in [5.74, 6) is 0. The van der Waals surface area contributed by atoms with E-state index in [9.17, 15) is 8.42 Å². The highest BCUT2D eigenvalue weighted by molar-refractivity contribution is 9.09. The summed E-state index contributed by atoms with van der Waals surface area (Å²) in [4.78, 5) is 0. The van der Waals surface area contributed by atoms with Gasteiger partial charge in [-0.25, -0.2) is 12.7 Å². The fraction of sp³-hybridized carbons (Fsp3) is 1.00. The third-order valence-corrected chi connectivity index (χ3v) is 5.94. The lowest BCUT2D eigenvalue weighted by atomic mass is 10.0. The number of hydrogen-bond donors (Lipinski definition) is 0. The van der Waals surface area contributed by atoms with Crippen LogP contribution in [0, 0.1) is 0 Å². The Bertz CT molecular complexity index is 273. The van der Waals surface area contributed by atoms with Crippen molar-refractivity contribution in [3.63, 3.8) is 0 Å². The van der Waals surface area contributed by atoms with Crippen molar-refractivity contribution in [2.45, 2.75) is 43.8 Å². The Balaban J connectivity index is 2.55. The molecular formula is C10H20BrNO2S. The van der Waals surface area contributed by atoms with Crippen molar-refractivity contribution in [1.82, 2.24) is 4.31 Å². The molecule has 1 saturated carbocycles. The Labute approximate surface area is 101 Å². The van der Waals surface area contributed by atoms with Crippen molar-refractivity contribution in [3.8, 4) is 0 Å². The summed E-state index contributed by atoms with van der Waals surface area (Å²) < 4.78 is 25.7. The molecule has 1 rings (SSSR count). The summed E-state index contributed by atoms with van der Waals surface area (Å²) in [5.41, 5.74) is 0. The smallest absolute Gasteiger partial charge is 0.212 e. The third-order valence-electron chi connectivity index (χ3n) is 3.01. The minimum absolute atomic E-state index is 0.119. The molecule has 0 radical (unpaired) electrons. The predicted molar refractivity (Wildman–Crippen MR) is 66.8 cm³/mol. The van der Waals surface area contributed by atoms with Crippen LogP contribution in [0.15, 0.2) is 0 Å². The molecule has 5 heteroatoms. The molecule has 15 heavy (non-hydrogen) atoms. The highest BCUT2D eigenvalue weighted by Crippen LogP contribution is 2.25. The standard InChI is InChI=1S/C10H20BrNO2S/c1-12(9-5-8-11)15(13,14)10-6-3-2-4-7-10/h10H,2-9H2,1H3. The lowest BCUT2D eigenvalue weighted by Crippen LogP contribution is -2.37. The molecule has 0 aromatic heterocycles. The maximum Gasteiger partial charge on any atom is 0.216 e. The summed E-state index contributed by atoms with van der Waals surface area (Å²) in [6.07, 6.45) is 5.90. The second-order valence-electron chi connectivity index (χ2n) is 4.17. The topological polar surface area (TPSA) is 37.4 Å². The molecule has 0 N–H and O–H groups in total. The zero-order valence-corrected chi connectivity index (χ0v) is 11.7. The Kier molecular flexibility index (Phi) is 5.57. The second kappa shape index (κ2) is 6.21. The van der Waals surface area contributed by atoms with Crippen LogP contribution in [0.3, 0.4) is 0 Å². The highest BCUT2D eigenvalue weighted by atomic mass is 79.9. The van der Waals surface area contributed by atoms with Gasteiger partial charge in [0, 0.05) is 18.9 Å². The molecule has 3 nitrogen and oxygen atoms in total. The molecule has 0 heterocycles. The van der Waals surface area contributed by atoms with Gasteiger partial charge >= 0.3 is 0 Å². The number of halogens is 1. The van der Waals surface area contributed by atoms with Crippen molar-refractivity contribution >= 4 is 26.0 Å². The summed E-state index contributed by atoms with van der Waals surface area (Å²) >= 11 is 3.32. The number of sulfonamides is 1. The molecule has 0 bridgehead atoms. The molecule has 0 aromatic rings. The van der Waals surface area contributed by atoms with Crippen molar-refractivity contribution in [2.24, 2.45) is 0 Å². The molecule has 90 valence electrons. The van der Waals surface area contributed by atoms with Crippen LogP contribution >= 0.6 is 15.9 Å². The van der Waals surface area contributed by atoms with Gasteiger partial charge in [-0.1, -0.05) is 35.2 Å². The van der Waals surface area contributed by atoms with E-state index in [2.05, 4.69) is 15.9 Å². The van der Waals surface area contributed by atoms with Crippen LogP contribution in [0.25, 0.3) is 0 Å². The molecule has 0 spiro atoms. The quantitative estimate of drug-likeness (QED) is 0.731. The Morgan fingerprint density at radius 2 is 1.87 bits per heavy atom. The first-order chi connectivity index (χ1) is 7.09. The van der Waals surface area contributed by atoms with Gasteiger partial charge < -0.3 is 0 Å². The molecule has 0 amide bonds. The zero-order chi connectivity index (χ0) is 11.3. The Morgan fingerprint density at radius 1 is 1.27 bits per heavy atom. The normalized spacial score (nSPS) is 19.7. The van der Waals surface area contributed by atoms with Crippen LogP contribution in [0.5, 0.6) is 0 Å². The highest BCUT2D eigenvalue weighted by Gasteiger charge is 2.30. The first-order valence-electron chi connectivity index (χ1n) is 5.60. The van der Waals surface area contributed by atoms with E-state index in [-0.39, 0.29) is 5.25 Å². The maximum absolute atomic E-state index is 12.1. The molecule has 1 aliphatic rings. The van der Waals surface area contributed by atoms with Crippen LogP contribution in [0.2, 0.25) is 0 Å². The van der Waals surface area contributed by atoms with Crippen LogP contribution in [-0.4, -0.2) is 36.9 Å². The second-order valence-corrected chi connectivity index (χ2v) is 7.28. The molecule has 0 atom stereocenters. The van der Waals surface area contributed by atoms with Crippen LogP contribution in [0.1, 0.15) is 38.5 Å². The van der Waals surface area contributed by atoms with E-state index in [1.165, 1.54) is 10.7 Å². The van der Waals surface area contributed by atoms with E-state index in [0.717, 1.165) is 37.4 Å². The molecular weight excluding hydrogens is 278 g/mol. The maximum atomic E-state index is 12.1. The van der Waals surface area contributed by atoms with Crippen molar-refractivity contribution in [2.75, 3.05) is 18.9 Å². The van der Waals surface area contributed by atoms with Gasteiger partial charge in [-0.2, -0.15) is 0 Å². The third kappa shape index (κ3) is 3.71. The fourth-order valence-electron chi connectivity index (χ4n) is 2.03. The number of alkyl halides is 1. The average molecular weight is 298 g/mol. The molecule has 0 saturated heterocycles. The molecule has 1 fully saturated rings. The summed E-state index contributed by atoms with van der Waals surface area (Å²) in [6, 6.07) is 0. The van der Waals surface area contributed by atoms with Crippen molar-refractivity contribution in [1.29, 1.82) is 0 Å². The monoisotopic (exact) mass is 297 g/mol. The van der Waals surface area contributed by atoms with E-state index in [4.69, 9.17) is 0 Å². The predicted octanol–water partition coefficient (Wildman–Crippen LogP) is 2.37. The van der Waals surface area contributed by atoms with E-state index in [0.29, 0.717) is 6.54 Å². The first kappa shape index (κ1) is 13.5. The lowest BCUT2D eigenvalue weighted by molar-refractivity contribution is 0.425. The zero-order valence-electron chi connectivity index (χ0n) is 9.28. The van der Waals surface area contributed by atoms with Gasteiger partial charge in [0.1, 0.15) is 0 Å². The van der Waals surface area contributed by atoms with Crippen LogP contribution in [0.4, 0.5) is 0 Å². The van der Waals surface area contributed by atoms with Gasteiger partial charge in [0.05, 0.1) is 5.25 Å². The fourth-order valence-corrected chi connectivity index (χ4v) is 4.10. The SMILES string of the molecule is CN(CCCBr)S(=O)(=O)C1CCCCC1. The van der Waals surface area contributed by atoms with E-state index in [1.54, 1.807) is 7.05 Å². The van der Waals surface area contributed by atoms with E-state index in [1.807, 2.05) is 0 Å². The van der Waals surface area contributed by atoms with Gasteiger partial charge in [0.15, 0.2) is 0 Å². The molecule has 0 unspecified atom stereocenters. The van der Waals surface area contributed by atoms with Gasteiger partial charge in [-0.3, -0.25) is 0 Å². The number of nitrogens with zero attached hydrogens (tertiary/aromatic N) is 1. The Morgan fingerprint density at radius 3 is 2.40 bits per heavy atom. The summed E-state index contributed by atoms with van der Waals surface area (Å²) in [5, 5.41) is 0.740. The van der Waals surface area contributed by atoms with Gasteiger partial charge in [-0.15, -0.1) is 0 Å². The summed E-state index contributed by atoms with van der Waals surface area (Å²) in [6.45, 7) is 0.629. The van der Waals surface area contributed by atoms with Gasteiger partial charge in [0.2, 0.25) is 10.0 Å². The van der Waals surface area contributed by atoms with Crippen LogP contribution in [-0.2, 0) is 10.0 Å². The lowest BCUT2D eigenvalue weighted by Gasteiger charge is -2.26. The minimum atomic E-state index is -3.02.